The second-order valence-electron chi connectivity index (χ2n) is 7.31. The van der Waals surface area contributed by atoms with Crippen LogP contribution in [0.1, 0.15) is 21.5 Å². The monoisotopic (exact) mass is 468 g/mol. The number of aromatic carboxylic acids is 1. The molecule has 2 N–H and O–H groups in total. The fraction of sp³-hybridized carbons (Fsp3) is 0.0417. The number of aryl methyl sites for hydroxylation is 1. The predicted octanol–water partition coefficient (Wildman–Crippen LogP) is 5.55. The number of nitrogens with one attached hydrogen (secondary N) is 1. The van der Waals surface area contributed by atoms with E-state index < -0.39 is 34.9 Å². The van der Waals surface area contributed by atoms with Crippen molar-refractivity contribution in [2.75, 3.05) is 5.43 Å². The first kappa shape index (κ1) is 22.7. The zero-order valence-corrected chi connectivity index (χ0v) is 17.6. The van der Waals surface area contributed by atoms with Gasteiger partial charge in [-0.3, -0.25) is 5.43 Å². The van der Waals surface area contributed by atoms with Gasteiger partial charge in [0.05, 0.1) is 17.5 Å². The van der Waals surface area contributed by atoms with Gasteiger partial charge in [0.25, 0.3) is 0 Å². The molecule has 4 rings (SSSR count). The maximum absolute atomic E-state index is 13.9. The van der Waals surface area contributed by atoms with E-state index in [4.69, 9.17) is 5.11 Å². The van der Waals surface area contributed by atoms with Crippen molar-refractivity contribution in [3.05, 3.63) is 101 Å². The summed E-state index contributed by atoms with van der Waals surface area (Å²) >= 11 is 0. The fourth-order valence-electron chi connectivity index (χ4n) is 3.14. The van der Waals surface area contributed by atoms with Crippen molar-refractivity contribution in [1.29, 1.82) is 0 Å². The summed E-state index contributed by atoms with van der Waals surface area (Å²) in [6, 6.07) is 13.5. The lowest BCUT2D eigenvalue weighted by Gasteiger charge is -2.05. The Kier molecular flexibility index (Phi) is 6.13. The highest BCUT2D eigenvalue weighted by Crippen LogP contribution is 2.26. The molecule has 4 aromatic rings. The molecule has 0 saturated heterocycles. The molecule has 0 radical (unpaired) electrons. The molecule has 0 bridgehead atoms. The lowest BCUT2D eigenvalue weighted by Crippen LogP contribution is -2.02. The van der Waals surface area contributed by atoms with Crippen LogP contribution in [0.25, 0.3) is 16.9 Å². The van der Waals surface area contributed by atoms with Gasteiger partial charge >= 0.3 is 5.97 Å². The number of benzene rings is 3. The molecular weight excluding hydrogens is 452 g/mol. The molecule has 0 spiro atoms. The summed E-state index contributed by atoms with van der Waals surface area (Å²) < 4.78 is 56.1. The molecule has 1 heterocycles. The summed E-state index contributed by atoms with van der Waals surface area (Å²) in [6.07, 6.45) is 2.76. The number of carbonyl (C=O) groups is 1. The first-order chi connectivity index (χ1) is 16.2. The van der Waals surface area contributed by atoms with Crippen LogP contribution in [0.4, 0.5) is 23.2 Å². The van der Waals surface area contributed by atoms with Crippen LogP contribution in [-0.2, 0) is 0 Å². The normalized spacial score (nSPS) is 11.2. The third-order valence-corrected chi connectivity index (χ3v) is 4.94. The molecule has 0 aliphatic rings. The van der Waals surface area contributed by atoms with Gasteiger partial charge in [-0.1, -0.05) is 29.8 Å². The van der Waals surface area contributed by atoms with Crippen molar-refractivity contribution in [3.63, 3.8) is 0 Å². The molecule has 6 nitrogen and oxygen atoms in total. The van der Waals surface area contributed by atoms with Crippen LogP contribution in [0, 0.1) is 30.2 Å². The topological polar surface area (TPSA) is 79.5 Å². The van der Waals surface area contributed by atoms with E-state index in [1.54, 1.807) is 18.3 Å². The van der Waals surface area contributed by atoms with Crippen LogP contribution in [-0.4, -0.2) is 27.1 Å². The van der Waals surface area contributed by atoms with E-state index in [0.29, 0.717) is 22.5 Å². The third-order valence-electron chi connectivity index (χ3n) is 4.94. The number of carboxylic acids is 1. The maximum Gasteiger partial charge on any atom is 0.335 e. The van der Waals surface area contributed by atoms with Gasteiger partial charge in [0, 0.05) is 23.4 Å². The van der Waals surface area contributed by atoms with Crippen LogP contribution >= 0.6 is 0 Å². The molecule has 0 unspecified atom stereocenters. The number of nitrogens with zero attached hydrogens (tertiary/aromatic N) is 3. The Labute approximate surface area is 190 Å². The molecule has 0 saturated carbocycles. The van der Waals surface area contributed by atoms with Gasteiger partial charge in [-0.25, -0.2) is 27.0 Å². The molecule has 0 aliphatic carbocycles. The minimum Gasteiger partial charge on any atom is -0.478 e. The highest BCUT2D eigenvalue weighted by molar-refractivity contribution is 5.89. The van der Waals surface area contributed by atoms with Gasteiger partial charge < -0.3 is 5.11 Å². The van der Waals surface area contributed by atoms with E-state index in [1.165, 1.54) is 23.0 Å². The predicted molar refractivity (Wildman–Crippen MR) is 118 cm³/mol. The minimum absolute atomic E-state index is 0.104. The number of carboxylic acid groups (broad SMARTS) is 1. The number of hydrazone groups is 1. The van der Waals surface area contributed by atoms with Crippen LogP contribution in [0.3, 0.4) is 0 Å². The molecule has 0 aliphatic heterocycles. The Hall–Kier alpha value is -4.47. The van der Waals surface area contributed by atoms with E-state index in [0.717, 1.165) is 5.56 Å². The van der Waals surface area contributed by atoms with Crippen molar-refractivity contribution in [1.82, 2.24) is 9.78 Å². The lowest BCUT2D eigenvalue weighted by atomic mass is 10.1. The molecular formula is C24H16F4N4O2. The SMILES string of the molecule is Cc1ccc(-c2nn(-c3ccc(C(=O)O)cc3)cc2/C=N/Nc2c(F)c(F)cc(F)c2F)cc1. The van der Waals surface area contributed by atoms with E-state index >= 15 is 0 Å². The number of rotatable bonds is 6. The molecule has 0 atom stereocenters. The minimum atomic E-state index is -1.61. The van der Waals surface area contributed by atoms with E-state index in [9.17, 15) is 22.4 Å². The number of hydrogen-bond donors (Lipinski definition) is 2. The number of anilines is 1. The van der Waals surface area contributed by atoms with Gasteiger partial charge in [-0.2, -0.15) is 10.2 Å². The summed E-state index contributed by atoms with van der Waals surface area (Å²) in [6.45, 7) is 1.92. The van der Waals surface area contributed by atoms with E-state index in [-0.39, 0.29) is 11.6 Å². The zero-order chi connectivity index (χ0) is 24.4. The Morgan fingerprint density at radius 3 is 2.21 bits per heavy atom. The average molecular weight is 468 g/mol. The third kappa shape index (κ3) is 4.51. The van der Waals surface area contributed by atoms with Gasteiger partial charge in [0.1, 0.15) is 11.4 Å². The first-order valence-electron chi connectivity index (χ1n) is 9.87. The van der Waals surface area contributed by atoms with Gasteiger partial charge in [0.2, 0.25) is 0 Å². The van der Waals surface area contributed by atoms with Crippen LogP contribution in [0.5, 0.6) is 0 Å². The largest absolute Gasteiger partial charge is 0.478 e. The van der Waals surface area contributed by atoms with Crippen molar-refractivity contribution in [2.45, 2.75) is 6.92 Å². The first-order valence-corrected chi connectivity index (χ1v) is 9.87. The Balaban J connectivity index is 1.72. The number of halogens is 4. The lowest BCUT2D eigenvalue weighted by molar-refractivity contribution is 0.0697. The van der Waals surface area contributed by atoms with Crippen LogP contribution < -0.4 is 5.43 Å². The quantitative estimate of drug-likeness (QED) is 0.168. The zero-order valence-electron chi connectivity index (χ0n) is 17.6. The fourth-order valence-corrected chi connectivity index (χ4v) is 3.14. The van der Waals surface area contributed by atoms with Crippen molar-refractivity contribution in [3.8, 4) is 16.9 Å². The molecule has 34 heavy (non-hydrogen) atoms. The van der Waals surface area contributed by atoms with E-state index in [1.807, 2.05) is 36.6 Å². The Bertz CT molecular complexity index is 1370. The summed E-state index contributed by atoms with van der Waals surface area (Å²) in [7, 11) is 0. The summed E-state index contributed by atoms with van der Waals surface area (Å²) in [5, 5.41) is 17.4. The van der Waals surface area contributed by atoms with Crippen LogP contribution in [0.15, 0.2) is 65.9 Å². The van der Waals surface area contributed by atoms with Gasteiger partial charge in [0.15, 0.2) is 23.3 Å². The smallest absolute Gasteiger partial charge is 0.335 e. The summed E-state index contributed by atoms with van der Waals surface area (Å²) in [5.41, 5.74) is 4.19. The van der Waals surface area contributed by atoms with Crippen molar-refractivity contribution in [2.24, 2.45) is 5.10 Å². The molecule has 10 heteroatoms. The number of aromatic nitrogens is 2. The molecule has 0 amide bonds. The molecule has 172 valence electrons. The van der Waals surface area contributed by atoms with Gasteiger partial charge in [-0.15, -0.1) is 0 Å². The van der Waals surface area contributed by atoms with Crippen molar-refractivity contribution < 1.29 is 27.5 Å². The van der Waals surface area contributed by atoms with Crippen molar-refractivity contribution >= 4 is 17.9 Å². The maximum atomic E-state index is 13.9. The highest BCUT2D eigenvalue weighted by Gasteiger charge is 2.19. The second kappa shape index (κ2) is 9.18. The standard InChI is InChI=1S/C24H16F4N4O2/c1-13-2-4-14(5-3-13)22-16(11-29-30-23-20(27)18(25)10-19(26)21(23)28)12-32(31-22)17-8-6-15(7-9-17)24(33)34/h2-12,30H,1H3,(H,33,34)/b29-11+. The highest BCUT2D eigenvalue weighted by atomic mass is 19.2. The Morgan fingerprint density at radius 2 is 1.62 bits per heavy atom. The van der Waals surface area contributed by atoms with E-state index in [2.05, 4.69) is 10.2 Å². The summed E-state index contributed by atoms with van der Waals surface area (Å²) in [5.74, 6) is -7.41. The second-order valence-corrected chi connectivity index (χ2v) is 7.31. The Morgan fingerprint density at radius 1 is 1.00 bits per heavy atom. The van der Waals surface area contributed by atoms with Crippen LogP contribution in [0.2, 0.25) is 0 Å². The van der Waals surface area contributed by atoms with Gasteiger partial charge in [-0.05, 0) is 31.2 Å². The average Bonchev–Trinajstić information content (AvgIpc) is 3.24. The molecule has 3 aromatic carbocycles. The molecule has 1 aromatic heterocycles. The molecule has 0 fully saturated rings. The summed E-state index contributed by atoms with van der Waals surface area (Å²) in [4.78, 5) is 11.1. The number of hydrogen-bond acceptors (Lipinski definition) is 4.